The van der Waals surface area contributed by atoms with Crippen molar-refractivity contribution in [3.05, 3.63) is 0 Å². The summed E-state index contributed by atoms with van der Waals surface area (Å²) in [4.78, 5) is 25.6. The molecule has 0 saturated heterocycles. The van der Waals surface area contributed by atoms with Crippen molar-refractivity contribution in [1.82, 2.24) is 15.1 Å². The summed E-state index contributed by atoms with van der Waals surface area (Å²) in [6.45, 7) is 5.07. The number of amides is 2. The first kappa shape index (κ1) is 16.7. The van der Waals surface area contributed by atoms with Gasteiger partial charge in [-0.25, -0.2) is 4.79 Å². The SMILES string of the molecule is CN(CCCC(=O)O)C(=O)NCC(C)(C)N(C)C. The van der Waals surface area contributed by atoms with Gasteiger partial charge in [0.15, 0.2) is 0 Å². The van der Waals surface area contributed by atoms with E-state index in [2.05, 4.69) is 5.32 Å². The summed E-state index contributed by atoms with van der Waals surface area (Å²) in [6.07, 6.45) is 0.553. The largest absolute Gasteiger partial charge is 0.481 e. The van der Waals surface area contributed by atoms with Crippen molar-refractivity contribution in [1.29, 1.82) is 0 Å². The molecule has 0 unspecified atom stereocenters. The molecule has 0 aromatic heterocycles. The Balaban J connectivity index is 3.98. The predicted octanol–water partition coefficient (Wildman–Crippen LogP) is 0.833. The second-order valence-electron chi connectivity index (χ2n) is 5.28. The van der Waals surface area contributed by atoms with Crippen LogP contribution in [0.25, 0.3) is 0 Å². The number of carbonyl (C=O) groups is 2. The topological polar surface area (TPSA) is 72.9 Å². The van der Waals surface area contributed by atoms with E-state index in [1.165, 1.54) is 4.90 Å². The average Bonchev–Trinajstić information content (AvgIpc) is 2.25. The molecule has 0 bridgehead atoms. The third-order valence-corrected chi connectivity index (χ3v) is 3.11. The molecule has 0 heterocycles. The van der Waals surface area contributed by atoms with Crippen molar-refractivity contribution in [2.45, 2.75) is 32.2 Å². The number of carboxylic acid groups (broad SMARTS) is 1. The molecule has 0 aliphatic heterocycles. The Kier molecular flexibility index (Phi) is 6.68. The van der Waals surface area contributed by atoms with Crippen molar-refractivity contribution >= 4 is 12.0 Å². The maximum absolute atomic E-state index is 11.7. The van der Waals surface area contributed by atoms with Gasteiger partial charge in [0, 0.05) is 32.1 Å². The number of rotatable bonds is 7. The van der Waals surface area contributed by atoms with Crippen LogP contribution in [0, 0.1) is 0 Å². The van der Waals surface area contributed by atoms with E-state index in [9.17, 15) is 9.59 Å². The molecule has 0 spiro atoms. The molecule has 0 aliphatic carbocycles. The highest BCUT2D eigenvalue weighted by Crippen LogP contribution is 2.07. The number of urea groups is 1. The Morgan fingerprint density at radius 2 is 1.78 bits per heavy atom. The summed E-state index contributed by atoms with van der Waals surface area (Å²) in [5.74, 6) is -0.836. The lowest BCUT2D eigenvalue weighted by atomic mass is 10.0. The van der Waals surface area contributed by atoms with E-state index in [-0.39, 0.29) is 18.0 Å². The van der Waals surface area contributed by atoms with Crippen molar-refractivity contribution in [3.8, 4) is 0 Å². The van der Waals surface area contributed by atoms with Gasteiger partial charge in [0.2, 0.25) is 0 Å². The van der Waals surface area contributed by atoms with E-state index in [0.717, 1.165) is 0 Å². The van der Waals surface area contributed by atoms with Crippen LogP contribution in [0.5, 0.6) is 0 Å². The van der Waals surface area contributed by atoms with E-state index in [0.29, 0.717) is 19.5 Å². The van der Waals surface area contributed by atoms with Gasteiger partial charge in [0.1, 0.15) is 0 Å². The zero-order valence-electron chi connectivity index (χ0n) is 12.0. The van der Waals surface area contributed by atoms with Crippen molar-refractivity contribution in [2.24, 2.45) is 0 Å². The second kappa shape index (κ2) is 7.20. The van der Waals surface area contributed by atoms with E-state index in [1.54, 1.807) is 7.05 Å². The van der Waals surface area contributed by atoms with Gasteiger partial charge in [-0.15, -0.1) is 0 Å². The van der Waals surface area contributed by atoms with Crippen molar-refractivity contribution in [3.63, 3.8) is 0 Å². The van der Waals surface area contributed by atoms with Crippen LogP contribution in [-0.4, -0.2) is 66.7 Å². The molecule has 0 saturated carbocycles. The number of carboxylic acids is 1. The smallest absolute Gasteiger partial charge is 0.317 e. The zero-order chi connectivity index (χ0) is 14.3. The van der Waals surface area contributed by atoms with E-state index < -0.39 is 5.97 Å². The molecule has 18 heavy (non-hydrogen) atoms. The number of aliphatic carboxylic acids is 1. The highest BCUT2D eigenvalue weighted by Gasteiger charge is 2.21. The number of hydrogen-bond acceptors (Lipinski definition) is 3. The molecule has 0 aromatic rings. The van der Waals surface area contributed by atoms with Gasteiger partial charge in [-0.05, 0) is 34.4 Å². The zero-order valence-corrected chi connectivity index (χ0v) is 12.0. The fourth-order valence-corrected chi connectivity index (χ4v) is 1.15. The number of nitrogens with zero attached hydrogens (tertiary/aromatic N) is 2. The number of likely N-dealkylation sites (N-methyl/N-ethyl adjacent to an activating group) is 1. The minimum Gasteiger partial charge on any atom is -0.481 e. The second-order valence-corrected chi connectivity index (χ2v) is 5.28. The summed E-state index contributed by atoms with van der Waals surface area (Å²) in [5.41, 5.74) is -0.114. The Morgan fingerprint density at radius 1 is 1.22 bits per heavy atom. The quantitative estimate of drug-likeness (QED) is 0.710. The summed E-state index contributed by atoms with van der Waals surface area (Å²) in [7, 11) is 5.59. The summed E-state index contributed by atoms with van der Waals surface area (Å²) < 4.78 is 0. The Hall–Kier alpha value is -1.30. The van der Waals surface area contributed by atoms with E-state index in [4.69, 9.17) is 5.11 Å². The highest BCUT2D eigenvalue weighted by molar-refractivity contribution is 5.74. The third kappa shape index (κ3) is 6.44. The maximum Gasteiger partial charge on any atom is 0.317 e. The summed E-state index contributed by atoms with van der Waals surface area (Å²) >= 11 is 0. The van der Waals surface area contributed by atoms with Crippen LogP contribution >= 0.6 is 0 Å². The van der Waals surface area contributed by atoms with Crippen LogP contribution in [0.15, 0.2) is 0 Å². The van der Waals surface area contributed by atoms with Gasteiger partial charge in [-0.3, -0.25) is 4.79 Å². The number of nitrogens with one attached hydrogen (secondary N) is 1. The normalized spacial score (nSPS) is 11.4. The first-order valence-corrected chi connectivity index (χ1v) is 6.05. The minimum absolute atomic E-state index is 0.0841. The maximum atomic E-state index is 11.7. The van der Waals surface area contributed by atoms with Crippen LogP contribution in [0.1, 0.15) is 26.7 Å². The molecule has 0 radical (unpaired) electrons. The predicted molar refractivity (Wildman–Crippen MR) is 70.7 cm³/mol. The molecule has 0 aromatic carbocycles. The Bertz CT molecular complexity index is 290. The van der Waals surface area contributed by atoms with Crippen LogP contribution in [-0.2, 0) is 4.79 Å². The first-order chi connectivity index (χ1) is 8.16. The fraction of sp³-hybridized carbons (Fsp3) is 0.833. The molecule has 2 N–H and O–H groups in total. The van der Waals surface area contributed by atoms with Crippen LogP contribution < -0.4 is 5.32 Å². The molecule has 106 valence electrons. The number of hydrogen-bond donors (Lipinski definition) is 2. The third-order valence-electron chi connectivity index (χ3n) is 3.11. The Morgan fingerprint density at radius 3 is 2.22 bits per heavy atom. The number of carbonyl (C=O) groups excluding carboxylic acids is 1. The molecule has 0 aliphatic rings. The van der Waals surface area contributed by atoms with Crippen LogP contribution in [0.3, 0.4) is 0 Å². The van der Waals surface area contributed by atoms with Crippen molar-refractivity contribution < 1.29 is 14.7 Å². The summed E-state index contributed by atoms with van der Waals surface area (Å²) in [6, 6.07) is -0.171. The molecule has 2 amide bonds. The standard InChI is InChI=1S/C12H25N3O3/c1-12(2,14(3)4)9-13-11(18)15(5)8-6-7-10(16)17/h6-9H2,1-5H3,(H,13,18)(H,16,17). The molecular weight excluding hydrogens is 234 g/mol. The lowest BCUT2D eigenvalue weighted by molar-refractivity contribution is -0.137. The van der Waals surface area contributed by atoms with Crippen LogP contribution in [0.4, 0.5) is 4.79 Å². The molecule has 6 heteroatoms. The fourth-order valence-electron chi connectivity index (χ4n) is 1.15. The molecule has 0 atom stereocenters. The molecular formula is C12H25N3O3. The summed E-state index contributed by atoms with van der Waals surface area (Å²) in [5, 5.41) is 11.4. The Labute approximate surface area is 109 Å². The highest BCUT2D eigenvalue weighted by atomic mass is 16.4. The van der Waals surface area contributed by atoms with Gasteiger partial charge in [-0.1, -0.05) is 0 Å². The van der Waals surface area contributed by atoms with Gasteiger partial charge in [0.05, 0.1) is 0 Å². The lowest BCUT2D eigenvalue weighted by Crippen LogP contribution is -2.50. The van der Waals surface area contributed by atoms with Crippen molar-refractivity contribution in [2.75, 3.05) is 34.2 Å². The van der Waals surface area contributed by atoms with Gasteiger partial charge >= 0.3 is 12.0 Å². The van der Waals surface area contributed by atoms with E-state index >= 15 is 0 Å². The minimum atomic E-state index is -0.836. The molecule has 0 fully saturated rings. The van der Waals surface area contributed by atoms with Gasteiger partial charge < -0.3 is 20.2 Å². The average molecular weight is 259 g/mol. The monoisotopic (exact) mass is 259 g/mol. The van der Waals surface area contributed by atoms with E-state index in [1.807, 2.05) is 32.8 Å². The molecule has 0 rings (SSSR count). The van der Waals surface area contributed by atoms with Gasteiger partial charge in [0.25, 0.3) is 0 Å². The molecule has 6 nitrogen and oxygen atoms in total. The van der Waals surface area contributed by atoms with Gasteiger partial charge in [-0.2, -0.15) is 0 Å². The first-order valence-electron chi connectivity index (χ1n) is 6.05. The van der Waals surface area contributed by atoms with Crippen LogP contribution in [0.2, 0.25) is 0 Å². The lowest BCUT2D eigenvalue weighted by Gasteiger charge is -2.33.